The summed E-state index contributed by atoms with van der Waals surface area (Å²) in [5, 5.41) is 15.3. The molecule has 0 aliphatic heterocycles. The fraction of sp³-hybridized carbons (Fsp3) is 0.415. The van der Waals surface area contributed by atoms with Crippen molar-refractivity contribution in [2.45, 2.75) is 106 Å². The van der Waals surface area contributed by atoms with Gasteiger partial charge in [-0.3, -0.25) is 0 Å². The van der Waals surface area contributed by atoms with E-state index < -0.39 is 0 Å². The molecule has 0 saturated heterocycles. The third kappa shape index (κ3) is 6.16. The Morgan fingerprint density at radius 3 is 1.61 bits per heavy atom. The zero-order chi connectivity index (χ0) is 32.6. The van der Waals surface area contributed by atoms with Crippen LogP contribution in [0, 0.1) is 12.3 Å². The first-order chi connectivity index (χ1) is 20.2. The predicted molar refractivity (Wildman–Crippen MR) is 192 cm³/mol. The summed E-state index contributed by atoms with van der Waals surface area (Å²) in [6, 6.07) is 24.1. The number of aromatic hydroxyl groups is 1. The molecule has 0 bridgehead atoms. The first-order valence-corrected chi connectivity index (χ1v) is 16.3. The molecule has 0 aliphatic carbocycles. The van der Waals surface area contributed by atoms with Crippen LogP contribution in [0.5, 0.6) is 5.75 Å². The maximum Gasteiger partial charge on any atom is 0.147 e. The minimum atomic E-state index is -0.138. The van der Waals surface area contributed by atoms with Crippen molar-refractivity contribution in [3.63, 3.8) is 0 Å². The molecular weight excluding hydrogens is 558 g/mol. The predicted octanol–water partition coefficient (Wildman–Crippen LogP) is 12.4. The zero-order valence-electron chi connectivity index (χ0n) is 28.8. The van der Waals surface area contributed by atoms with Crippen LogP contribution >= 0.6 is 11.6 Å². The Morgan fingerprint density at radius 2 is 1.16 bits per heavy atom. The van der Waals surface area contributed by atoms with Crippen molar-refractivity contribution in [3.05, 3.63) is 94.0 Å². The van der Waals surface area contributed by atoms with E-state index in [9.17, 15) is 5.11 Å². The number of rotatable bonds is 4. The van der Waals surface area contributed by atoms with Crippen LogP contribution in [0.1, 0.15) is 105 Å². The van der Waals surface area contributed by atoms with Crippen molar-refractivity contribution >= 4 is 33.4 Å². The van der Waals surface area contributed by atoms with Crippen molar-refractivity contribution in [3.8, 4) is 22.6 Å². The van der Waals surface area contributed by atoms with Gasteiger partial charge in [-0.25, -0.2) is 0 Å². The number of hydrogen-bond donors (Lipinski definition) is 1. The normalized spacial score (nSPS) is 13.3. The number of nitrogens with zero attached hydrogens (tertiary/aromatic N) is 1. The minimum absolute atomic E-state index is 0.0148. The van der Waals surface area contributed by atoms with Gasteiger partial charge in [0.15, 0.2) is 0 Å². The Kier molecular flexibility index (Phi) is 7.82. The molecule has 5 aromatic rings. The van der Waals surface area contributed by atoms with E-state index in [0.29, 0.717) is 5.02 Å². The lowest BCUT2D eigenvalue weighted by Crippen LogP contribution is -2.25. The molecule has 5 rings (SSSR count). The summed E-state index contributed by atoms with van der Waals surface area (Å²) in [6.07, 6.45) is 0.995. The van der Waals surface area contributed by atoms with Crippen LogP contribution in [0.15, 0.2) is 66.7 Å². The number of phenolic OH excluding ortho intramolecular Hbond substituents is 1. The summed E-state index contributed by atoms with van der Waals surface area (Å²) in [5.41, 5.74) is 9.58. The number of aromatic nitrogens is 1. The summed E-state index contributed by atoms with van der Waals surface area (Å²) in [4.78, 5) is 0. The number of fused-ring (bicyclic) bond motifs is 3. The summed E-state index contributed by atoms with van der Waals surface area (Å²) < 4.78 is 2.27. The maximum atomic E-state index is 12.2. The highest BCUT2D eigenvalue weighted by Crippen LogP contribution is 2.46. The molecule has 0 fully saturated rings. The molecule has 1 aromatic heterocycles. The second kappa shape index (κ2) is 10.7. The first kappa shape index (κ1) is 32.2. The average molecular weight is 608 g/mol. The molecular formula is C41H50ClNO. The Bertz CT molecular complexity index is 1790. The van der Waals surface area contributed by atoms with E-state index in [1.54, 1.807) is 0 Å². The van der Waals surface area contributed by atoms with Crippen LogP contribution < -0.4 is 0 Å². The van der Waals surface area contributed by atoms with Crippen LogP contribution in [0.3, 0.4) is 0 Å². The van der Waals surface area contributed by atoms with E-state index in [0.717, 1.165) is 39.8 Å². The van der Waals surface area contributed by atoms with Crippen molar-refractivity contribution in [2.75, 3.05) is 0 Å². The molecule has 0 unspecified atom stereocenters. The lowest BCUT2D eigenvalue weighted by Gasteiger charge is -2.34. The third-order valence-electron chi connectivity index (χ3n) is 8.93. The summed E-state index contributed by atoms with van der Waals surface area (Å²) in [5.74, 6) is 0.264. The zero-order valence-corrected chi connectivity index (χ0v) is 29.6. The third-order valence-corrected chi connectivity index (χ3v) is 9.15. The monoisotopic (exact) mass is 607 g/mol. The Morgan fingerprint density at radius 1 is 0.636 bits per heavy atom. The van der Waals surface area contributed by atoms with E-state index in [1.165, 1.54) is 27.5 Å². The van der Waals surface area contributed by atoms with Crippen molar-refractivity contribution in [2.24, 2.45) is 5.41 Å². The molecule has 0 aliphatic rings. The fourth-order valence-electron chi connectivity index (χ4n) is 6.94. The van der Waals surface area contributed by atoms with Crippen LogP contribution in [0.2, 0.25) is 5.02 Å². The van der Waals surface area contributed by atoms with Gasteiger partial charge in [0.25, 0.3) is 0 Å². The highest BCUT2D eigenvalue weighted by molar-refractivity contribution is 6.31. The minimum Gasteiger partial charge on any atom is -0.505 e. The molecule has 2 nitrogen and oxygen atoms in total. The second-order valence-corrected chi connectivity index (χ2v) is 17.3. The van der Waals surface area contributed by atoms with Gasteiger partial charge in [-0.1, -0.05) is 106 Å². The summed E-state index contributed by atoms with van der Waals surface area (Å²) in [6.45, 7) is 27.2. The Labute approximate surface area is 270 Å². The molecule has 44 heavy (non-hydrogen) atoms. The number of aryl methyl sites for hydroxylation is 1. The van der Waals surface area contributed by atoms with Gasteiger partial charge in [0.05, 0.1) is 16.7 Å². The van der Waals surface area contributed by atoms with E-state index >= 15 is 0 Å². The molecule has 0 saturated carbocycles. The SMILES string of the molecule is Cc1cc(Cl)cc(-c2cc(C(C)(C)CC(C)(C)C)cc(-n3c4ccc(C(C)(C)C)cc4c4cc(C(C)(C)C)ccc43)c2O)c1. The van der Waals surface area contributed by atoms with Gasteiger partial charge in [-0.2, -0.15) is 0 Å². The molecule has 232 valence electrons. The van der Waals surface area contributed by atoms with Crippen molar-refractivity contribution in [1.29, 1.82) is 0 Å². The molecule has 1 N–H and O–H groups in total. The van der Waals surface area contributed by atoms with Crippen LogP contribution in [0.4, 0.5) is 0 Å². The smallest absolute Gasteiger partial charge is 0.147 e. The lowest BCUT2D eigenvalue weighted by atomic mass is 9.71. The molecule has 0 radical (unpaired) electrons. The van der Waals surface area contributed by atoms with Gasteiger partial charge < -0.3 is 9.67 Å². The average Bonchev–Trinajstić information content (AvgIpc) is 3.18. The fourth-order valence-corrected chi connectivity index (χ4v) is 7.23. The number of hydrogen-bond acceptors (Lipinski definition) is 1. The Hall–Kier alpha value is -3.23. The number of halogens is 1. The standard InChI is InChI=1S/C41H50ClNO/c1-25-17-26(19-30(42)18-25)31-22-29(41(11,12)24-38(2,3)4)23-36(37(31)44)43-34-15-13-27(39(5,6)7)20-32(34)33-21-28(40(8,9)10)14-16-35(33)43/h13-23,44H,24H2,1-12H3. The Balaban J connectivity index is 1.92. The van der Waals surface area contributed by atoms with Gasteiger partial charge in [0, 0.05) is 21.4 Å². The topological polar surface area (TPSA) is 25.2 Å². The largest absolute Gasteiger partial charge is 0.505 e. The summed E-state index contributed by atoms with van der Waals surface area (Å²) >= 11 is 6.58. The van der Waals surface area contributed by atoms with Gasteiger partial charge in [0.1, 0.15) is 5.75 Å². The van der Waals surface area contributed by atoms with Gasteiger partial charge in [-0.15, -0.1) is 0 Å². The molecule has 0 amide bonds. The lowest BCUT2D eigenvalue weighted by molar-refractivity contribution is 0.284. The highest BCUT2D eigenvalue weighted by Gasteiger charge is 2.30. The van der Waals surface area contributed by atoms with E-state index in [1.807, 2.05) is 19.1 Å². The van der Waals surface area contributed by atoms with Crippen molar-refractivity contribution < 1.29 is 5.11 Å². The van der Waals surface area contributed by atoms with E-state index in [-0.39, 0.29) is 27.4 Å². The molecule has 4 aromatic carbocycles. The maximum absolute atomic E-state index is 12.2. The van der Waals surface area contributed by atoms with Crippen LogP contribution in [-0.2, 0) is 16.2 Å². The van der Waals surface area contributed by atoms with Crippen LogP contribution in [0.25, 0.3) is 38.6 Å². The van der Waals surface area contributed by atoms with E-state index in [4.69, 9.17) is 11.6 Å². The van der Waals surface area contributed by atoms with Crippen LogP contribution in [-0.4, -0.2) is 9.67 Å². The van der Waals surface area contributed by atoms with Crippen molar-refractivity contribution in [1.82, 2.24) is 4.57 Å². The van der Waals surface area contributed by atoms with Gasteiger partial charge in [-0.05, 0) is 111 Å². The van der Waals surface area contributed by atoms with Gasteiger partial charge >= 0.3 is 0 Å². The van der Waals surface area contributed by atoms with Gasteiger partial charge in [0.2, 0.25) is 0 Å². The number of benzene rings is 4. The molecule has 3 heteroatoms. The molecule has 1 heterocycles. The summed E-state index contributed by atoms with van der Waals surface area (Å²) in [7, 11) is 0. The second-order valence-electron chi connectivity index (χ2n) is 16.8. The number of phenols is 1. The van der Waals surface area contributed by atoms with E-state index in [2.05, 4.69) is 135 Å². The molecule has 0 spiro atoms. The first-order valence-electron chi connectivity index (χ1n) is 15.9. The highest BCUT2D eigenvalue weighted by atomic mass is 35.5. The molecule has 0 atom stereocenters. The quantitative estimate of drug-likeness (QED) is 0.216.